The zero-order chi connectivity index (χ0) is 27.4. The molecule has 3 rings (SSSR count). The Kier molecular flexibility index (Phi) is 8.06. The van der Waals surface area contributed by atoms with E-state index in [4.69, 9.17) is 0 Å². The second kappa shape index (κ2) is 10.7. The zero-order valence-corrected chi connectivity index (χ0v) is 21.2. The molecule has 7 nitrogen and oxygen atoms in total. The van der Waals surface area contributed by atoms with Gasteiger partial charge in [0.25, 0.3) is 0 Å². The fraction of sp³-hybridized carbons (Fsp3) is 0.269. The van der Waals surface area contributed by atoms with Crippen molar-refractivity contribution < 1.29 is 31.2 Å². The number of amides is 2. The fourth-order valence-corrected chi connectivity index (χ4v) is 4.31. The first kappa shape index (κ1) is 27.9. The van der Waals surface area contributed by atoms with Crippen LogP contribution < -0.4 is 10.6 Å². The van der Waals surface area contributed by atoms with Crippen molar-refractivity contribution in [3.63, 3.8) is 0 Å². The molecule has 0 aliphatic rings. The van der Waals surface area contributed by atoms with Crippen LogP contribution in [0.4, 0.5) is 24.7 Å². The number of aromatic nitrogens is 1. The molecule has 1 aromatic heterocycles. The molecule has 37 heavy (non-hydrogen) atoms. The van der Waals surface area contributed by atoms with Gasteiger partial charge in [-0.05, 0) is 61.4 Å². The molecule has 11 heteroatoms. The molecular weight excluding hydrogens is 507 g/mol. The molecule has 0 unspecified atom stereocenters. The van der Waals surface area contributed by atoms with E-state index < -0.39 is 32.9 Å². The Morgan fingerprint density at radius 1 is 0.892 bits per heavy atom. The molecule has 0 saturated heterocycles. The molecule has 0 aliphatic heterocycles. The second-order valence-corrected chi connectivity index (χ2v) is 11.1. The summed E-state index contributed by atoms with van der Waals surface area (Å²) in [5, 5.41) is 5.17. The lowest BCUT2D eigenvalue weighted by atomic mass is 9.83. The molecule has 0 aliphatic carbocycles. The van der Waals surface area contributed by atoms with Crippen LogP contribution in [0.3, 0.4) is 0 Å². The van der Waals surface area contributed by atoms with Crippen LogP contribution >= 0.6 is 0 Å². The van der Waals surface area contributed by atoms with Crippen molar-refractivity contribution in [2.75, 3.05) is 16.4 Å². The maximum Gasteiger partial charge on any atom is 0.416 e. The fourth-order valence-electron chi connectivity index (χ4n) is 3.42. The average molecular weight is 534 g/mol. The molecule has 0 fully saturated rings. The molecule has 0 bridgehead atoms. The number of benzene rings is 2. The van der Waals surface area contributed by atoms with Crippen LogP contribution in [0.25, 0.3) is 0 Å². The summed E-state index contributed by atoms with van der Waals surface area (Å²) in [6.45, 7) is 4.79. The number of alkyl halides is 3. The van der Waals surface area contributed by atoms with Crippen LogP contribution in [0.2, 0.25) is 0 Å². The summed E-state index contributed by atoms with van der Waals surface area (Å²) < 4.78 is 62.6. The number of nitrogens with zero attached hydrogens (tertiary/aromatic N) is 1. The van der Waals surface area contributed by atoms with Crippen LogP contribution in [-0.4, -0.2) is 31.0 Å². The van der Waals surface area contributed by atoms with E-state index in [2.05, 4.69) is 15.6 Å². The van der Waals surface area contributed by atoms with Crippen LogP contribution in [-0.2, 0) is 37.4 Å². The van der Waals surface area contributed by atoms with E-state index in [1.54, 1.807) is 57.2 Å². The lowest BCUT2D eigenvalue weighted by molar-refractivity contribution is -0.137. The van der Waals surface area contributed by atoms with E-state index in [9.17, 15) is 31.2 Å². The first-order chi connectivity index (χ1) is 17.2. The normalized spacial score (nSPS) is 12.2. The van der Waals surface area contributed by atoms with Gasteiger partial charge in [0.15, 0.2) is 9.84 Å². The number of carbonyl (C=O) groups excluding carboxylic acids is 2. The third-order valence-electron chi connectivity index (χ3n) is 5.81. The SMILES string of the molecule is CCS(=O)(=O)c1ccc(CC(=O)Nc2ccc(C(C)(C)C(=O)Nc3cc(C(F)(F)F)ccn3)cc2)cc1. The number of halogens is 3. The maximum absolute atomic E-state index is 12.9. The second-order valence-electron chi connectivity index (χ2n) is 8.86. The predicted molar refractivity (Wildman–Crippen MR) is 134 cm³/mol. The van der Waals surface area contributed by atoms with E-state index in [-0.39, 0.29) is 28.8 Å². The highest BCUT2D eigenvalue weighted by molar-refractivity contribution is 7.91. The summed E-state index contributed by atoms with van der Waals surface area (Å²) in [5.74, 6) is -1.09. The van der Waals surface area contributed by atoms with Gasteiger partial charge >= 0.3 is 6.18 Å². The van der Waals surface area contributed by atoms with Gasteiger partial charge in [-0.1, -0.05) is 31.2 Å². The number of hydrogen-bond donors (Lipinski definition) is 2. The maximum atomic E-state index is 12.9. The molecule has 1 heterocycles. The lowest BCUT2D eigenvalue weighted by Crippen LogP contribution is -2.35. The quantitative estimate of drug-likeness (QED) is 0.424. The Labute approximate surface area is 213 Å². The molecule has 2 amide bonds. The summed E-state index contributed by atoms with van der Waals surface area (Å²) in [6, 6.07) is 14.2. The van der Waals surface area contributed by atoms with E-state index in [1.165, 1.54) is 12.1 Å². The number of rotatable bonds is 8. The molecule has 0 radical (unpaired) electrons. The van der Waals surface area contributed by atoms with Crippen molar-refractivity contribution in [1.82, 2.24) is 4.98 Å². The van der Waals surface area contributed by atoms with Gasteiger partial charge in [-0.2, -0.15) is 13.2 Å². The molecule has 3 aromatic rings. The van der Waals surface area contributed by atoms with Crippen LogP contribution in [0.1, 0.15) is 37.5 Å². The summed E-state index contributed by atoms with van der Waals surface area (Å²) in [7, 11) is -3.32. The highest BCUT2D eigenvalue weighted by Crippen LogP contribution is 2.31. The highest BCUT2D eigenvalue weighted by atomic mass is 32.2. The molecule has 0 saturated carbocycles. The van der Waals surface area contributed by atoms with Crippen molar-refractivity contribution in [2.24, 2.45) is 0 Å². The first-order valence-corrected chi connectivity index (χ1v) is 12.9. The van der Waals surface area contributed by atoms with Gasteiger partial charge in [0.2, 0.25) is 11.8 Å². The van der Waals surface area contributed by atoms with Crippen molar-refractivity contribution in [3.05, 3.63) is 83.6 Å². The lowest BCUT2D eigenvalue weighted by Gasteiger charge is -2.24. The summed E-state index contributed by atoms with van der Waals surface area (Å²) in [6.07, 6.45) is -3.55. The van der Waals surface area contributed by atoms with Gasteiger partial charge in [-0.3, -0.25) is 9.59 Å². The average Bonchev–Trinajstić information content (AvgIpc) is 2.84. The monoisotopic (exact) mass is 533 g/mol. The Hall–Kier alpha value is -3.73. The number of nitrogens with one attached hydrogen (secondary N) is 2. The Morgan fingerprint density at radius 3 is 2.08 bits per heavy atom. The number of sulfone groups is 1. The zero-order valence-electron chi connectivity index (χ0n) is 20.4. The smallest absolute Gasteiger partial charge is 0.326 e. The highest BCUT2D eigenvalue weighted by Gasteiger charge is 2.33. The van der Waals surface area contributed by atoms with Crippen LogP contribution in [0.15, 0.2) is 71.8 Å². The van der Waals surface area contributed by atoms with Gasteiger partial charge in [-0.15, -0.1) is 0 Å². The minimum Gasteiger partial charge on any atom is -0.326 e. The number of carbonyl (C=O) groups is 2. The van der Waals surface area contributed by atoms with Gasteiger partial charge < -0.3 is 10.6 Å². The van der Waals surface area contributed by atoms with Crippen molar-refractivity contribution in [3.8, 4) is 0 Å². The van der Waals surface area contributed by atoms with Crippen LogP contribution in [0, 0.1) is 0 Å². The molecule has 2 aromatic carbocycles. The minimum atomic E-state index is -4.56. The molecule has 196 valence electrons. The summed E-state index contributed by atoms with van der Waals surface area (Å²) in [4.78, 5) is 29.2. The van der Waals surface area contributed by atoms with E-state index in [0.717, 1.165) is 18.3 Å². The Morgan fingerprint density at radius 2 is 1.51 bits per heavy atom. The Balaban J connectivity index is 1.63. The largest absolute Gasteiger partial charge is 0.416 e. The third kappa shape index (κ3) is 6.94. The van der Waals surface area contributed by atoms with Gasteiger partial charge in [0.1, 0.15) is 5.82 Å². The van der Waals surface area contributed by atoms with Crippen LogP contribution in [0.5, 0.6) is 0 Å². The number of hydrogen-bond acceptors (Lipinski definition) is 5. The summed E-state index contributed by atoms with van der Waals surface area (Å²) in [5.41, 5.74) is -0.334. The minimum absolute atomic E-state index is 0.0105. The van der Waals surface area contributed by atoms with Crippen molar-refractivity contribution in [1.29, 1.82) is 0 Å². The number of anilines is 2. The predicted octanol–water partition coefficient (Wildman–Crippen LogP) is 4.99. The third-order valence-corrected chi connectivity index (χ3v) is 7.56. The van der Waals surface area contributed by atoms with Crippen molar-refractivity contribution in [2.45, 2.75) is 43.7 Å². The number of pyridine rings is 1. The topological polar surface area (TPSA) is 105 Å². The van der Waals surface area contributed by atoms with Crippen molar-refractivity contribution >= 4 is 33.2 Å². The standard InChI is InChI=1S/C26H26F3N3O4S/c1-4-37(35,36)21-11-5-17(6-12-21)15-23(33)31-20-9-7-18(8-10-20)25(2,3)24(34)32-22-16-19(13-14-30-22)26(27,28)29/h5-14,16H,4,15H2,1-3H3,(H,31,33)(H,30,32,34). The van der Waals surface area contributed by atoms with E-state index >= 15 is 0 Å². The summed E-state index contributed by atoms with van der Waals surface area (Å²) >= 11 is 0. The Bertz CT molecular complexity index is 1390. The van der Waals surface area contributed by atoms with Gasteiger partial charge in [-0.25, -0.2) is 13.4 Å². The first-order valence-electron chi connectivity index (χ1n) is 11.3. The van der Waals surface area contributed by atoms with Gasteiger partial charge in [0.05, 0.1) is 28.0 Å². The molecule has 0 spiro atoms. The molecular formula is C26H26F3N3O4S. The van der Waals surface area contributed by atoms with Gasteiger partial charge in [0, 0.05) is 11.9 Å². The van der Waals surface area contributed by atoms with E-state index in [0.29, 0.717) is 16.8 Å². The molecule has 0 atom stereocenters. The molecule has 2 N–H and O–H groups in total. The van der Waals surface area contributed by atoms with E-state index in [1.807, 2.05) is 0 Å².